The molecule has 106 valence electrons. The first kappa shape index (κ1) is 14.5. The minimum atomic E-state index is -4.38. The van der Waals surface area contributed by atoms with Gasteiger partial charge >= 0.3 is 6.18 Å². The third-order valence-electron chi connectivity index (χ3n) is 3.03. The monoisotopic (exact) mass is 283 g/mol. The number of hydrogen-bond acceptors (Lipinski definition) is 1. The first-order valence-electron chi connectivity index (χ1n) is 6.04. The van der Waals surface area contributed by atoms with E-state index in [4.69, 9.17) is 5.73 Å². The fourth-order valence-corrected chi connectivity index (χ4v) is 2.00. The van der Waals surface area contributed by atoms with Gasteiger partial charge in [0.05, 0.1) is 5.56 Å². The molecule has 2 aromatic carbocycles. The molecule has 0 spiro atoms. The topological polar surface area (TPSA) is 26.0 Å². The predicted molar refractivity (Wildman–Crippen MR) is 69.8 cm³/mol. The Labute approximate surface area is 114 Å². The van der Waals surface area contributed by atoms with Crippen molar-refractivity contribution >= 4 is 0 Å². The van der Waals surface area contributed by atoms with Crippen LogP contribution in [0.15, 0.2) is 48.5 Å². The lowest BCUT2D eigenvalue weighted by Gasteiger charge is -2.13. The molecule has 0 aliphatic rings. The van der Waals surface area contributed by atoms with E-state index in [-0.39, 0.29) is 6.54 Å². The Kier molecular flexibility index (Phi) is 4.09. The molecular formula is C15H13F4N. The van der Waals surface area contributed by atoms with Gasteiger partial charge in [-0.2, -0.15) is 13.2 Å². The second-order valence-corrected chi connectivity index (χ2v) is 4.37. The first-order valence-corrected chi connectivity index (χ1v) is 6.04. The third-order valence-corrected chi connectivity index (χ3v) is 3.03. The van der Waals surface area contributed by atoms with Crippen molar-refractivity contribution in [2.75, 3.05) is 6.54 Å². The number of halogens is 4. The molecule has 1 unspecified atom stereocenters. The predicted octanol–water partition coefficient (Wildman–Crippen LogP) is 4.34. The molecule has 0 fully saturated rings. The molecule has 0 aliphatic heterocycles. The van der Waals surface area contributed by atoms with Crippen molar-refractivity contribution in [3.05, 3.63) is 59.7 Å². The van der Waals surface area contributed by atoms with Crippen LogP contribution in [0.1, 0.15) is 17.3 Å². The lowest BCUT2D eigenvalue weighted by atomic mass is 9.96. The highest BCUT2D eigenvalue weighted by Crippen LogP contribution is 2.33. The third kappa shape index (κ3) is 2.99. The molecule has 20 heavy (non-hydrogen) atoms. The SMILES string of the molecule is NCC(F)c1ccccc1-c1ccc(C(F)(F)F)cc1. The van der Waals surface area contributed by atoms with Gasteiger partial charge in [-0.25, -0.2) is 4.39 Å². The van der Waals surface area contributed by atoms with E-state index in [9.17, 15) is 17.6 Å². The average molecular weight is 283 g/mol. The molecule has 0 radical (unpaired) electrons. The van der Waals surface area contributed by atoms with Crippen molar-refractivity contribution in [2.24, 2.45) is 5.73 Å². The molecule has 0 amide bonds. The van der Waals surface area contributed by atoms with E-state index < -0.39 is 17.9 Å². The molecule has 0 aromatic heterocycles. The van der Waals surface area contributed by atoms with E-state index in [1.54, 1.807) is 24.3 Å². The number of nitrogens with two attached hydrogens (primary N) is 1. The van der Waals surface area contributed by atoms with Crippen LogP contribution in [0.3, 0.4) is 0 Å². The van der Waals surface area contributed by atoms with Crippen LogP contribution in [0.25, 0.3) is 11.1 Å². The fourth-order valence-electron chi connectivity index (χ4n) is 2.00. The van der Waals surface area contributed by atoms with Gasteiger partial charge in [0.15, 0.2) is 0 Å². The maximum absolute atomic E-state index is 13.8. The van der Waals surface area contributed by atoms with E-state index >= 15 is 0 Å². The normalized spacial score (nSPS) is 13.2. The van der Waals surface area contributed by atoms with Crippen molar-refractivity contribution < 1.29 is 17.6 Å². The van der Waals surface area contributed by atoms with Gasteiger partial charge in [-0.1, -0.05) is 36.4 Å². The lowest BCUT2D eigenvalue weighted by Crippen LogP contribution is -2.09. The minimum Gasteiger partial charge on any atom is -0.327 e. The van der Waals surface area contributed by atoms with E-state index in [0.717, 1.165) is 12.1 Å². The molecule has 5 heteroatoms. The Hall–Kier alpha value is -1.88. The van der Waals surface area contributed by atoms with Crippen LogP contribution in [0, 0.1) is 0 Å². The van der Waals surface area contributed by atoms with Crippen molar-refractivity contribution in [1.29, 1.82) is 0 Å². The zero-order valence-corrected chi connectivity index (χ0v) is 10.5. The molecule has 1 atom stereocenters. The first-order chi connectivity index (χ1) is 9.43. The quantitative estimate of drug-likeness (QED) is 0.833. The second-order valence-electron chi connectivity index (χ2n) is 4.37. The number of alkyl halides is 4. The van der Waals surface area contributed by atoms with Crippen LogP contribution >= 0.6 is 0 Å². The van der Waals surface area contributed by atoms with E-state index in [1.807, 2.05) is 0 Å². The van der Waals surface area contributed by atoms with Crippen molar-refractivity contribution in [3.63, 3.8) is 0 Å². The summed E-state index contributed by atoms with van der Waals surface area (Å²) in [6, 6.07) is 11.3. The number of benzene rings is 2. The van der Waals surface area contributed by atoms with Crippen LogP contribution in [-0.4, -0.2) is 6.54 Å². The smallest absolute Gasteiger partial charge is 0.327 e. The minimum absolute atomic E-state index is 0.169. The summed E-state index contributed by atoms with van der Waals surface area (Å²) in [5.41, 5.74) is 6.05. The average Bonchev–Trinajstić information content (AvgIpc) is 2.45. The summed E-state index contributed by atoms with van der Waals surface area (Å²) < 4.78 is 51.3. The largest absolute Gasteiger partial charge is 0.416 e. The Bertz CT molecular complexity index is 575. The molecular weight excluding hydrogens is 270 g/mol. The highest BCUT2D eigenvalue weighted by Gasteiger charge is 2.30. The summed E-state index contributed by atoms with van der Waals surface area (Å²) >= 11 is 0. The number of hydrogen-bond donors (Lipinski definition) is 1. The maximum Gasteiger partial charge on any atom is 0.416 e. The van der Waals surface area contributed by atoms with Crippen LogP contribution in [0.2, 0.25) is 0 Å². The lowest BCUT2D eigenvalue weighted by molar-refractivity contribution is -0.137. The van der Waals surface area contributed by atoms with Gasteiger partial charge in [-0.05, 0) is 28.8 Å². The molecule has 2 N–H and O–H groups in total. The van der Waals surface area contributed by atoms with Crippen molar-refractivity contribution in [3.8, 4) is 11.1 Å². The van der Waals surface area contributed by atoms with Gasteiger partial charge in [-0.3, -0.25) is 0 Å². The summed E-state index contributed by atoms with van der Waals surface area (Å²) in [5.74, 6) is 0. The molecule has 1 nitrogen and oxygen atoms in total. The van der Waals surface area contributed by atoms with Crippen LogP contribution < -0.4 is 5.73 Å². The summed E-state index contributed by atoms with van der Waals surface area (Å²) in [5, 5.41) is 0. The second kappa shape index (κ2) is 5.63. The summed E-state index contributed by atoms with van der Waals surface area (Å²) in [6.45, 7) is -0.169. The van der Waals surface area contributed by atoms with Crippen LogP contribution in [0.5, 0.6) is 0 Å². The van der Waals surface area contributed by atoms with Crippen LogP contribution in [-0.2, 0) is 6.18 Å². The van der Waals surface area contributed by atoms with Gasteiger partial charge in [0.1, 0.15) is 6.17 Å². The molecule has 0 saturated carbocycles. The van der Waals surface area contributed by atoms with Gasteiger partial charge in [-0.15, -0.1) is 0 Å². The zero-order valence-electron chi connectivity index (χ0n) is 10.5. The maximum atomic E-state index is 13.8. The molecule has 2 aromatic rings. The standard InChI is InChI=1S/C15H13F4N/c16-14(9-20)13-4-2-1-3-12(13)10-5-7-11(8-6-10)15(17,18)19/h1-8,14H,9,20H2. The van der Waals surface area contributed by atoms with E-state index in [1.165, 1.54) is 12.1 Å². The van der Waals surface area contributed by atoms with E-state index in [2.05, 4.69) is 0 Å². The Morgan fingerprint density at radius 3 is 2.10 bits per heavy atom. The molecule has 2 rings (SSSR count). The van der Waals surface area contributed by atoms with Gasteiger partial charge in [0.25, 0.3) is 0 Å². The zero-order chi connectivity index (χ0) is 14.8. The highest BCUT2D eigenvalue weighted by atomic mass is 19.4. The summed E-state index contributed by atoms with van der Waals surface area (Å²) in [6.07, 6.45) is -5.72. The molecule has 0 saturated heterocycles. The summed E-state index contributed by atoms with van der Waals surface area (Å²) in [7, 11) is 0. The van der Waals surface area contributed by atoms with Crippen molar-refractivity contribution in [2.45, 2.75) is 12.3 Å². The summed E-state index contributed by atoms with van der Waals surface area (Å²) in [4.78, 5) is 0. The highest BCUT2D eigenvalue weighted by molar-refractivity contribution is 5.68. The van der Waals surface area contributed by atoms with Gasteiger partial charge < -0.3 is 5.73 Å². The molecule has 0 aliphatic carbocycles. The van der Waals surface area contributed by atoms with Gasteiger partial charge in [0, 0.05) is 6.54 Å². The van der Waals surface area contributed by atoms with Crippen molar-refractivity contribution in [1.82, 2.24) is 0 Å². The Balaban J connectivity index is 2.42. The van der Waals surface area contributed by atoms with Crippen LogP contribution in [0.4, 0.5) is 17.6 Å². The Morgan fingerprint density at radius 1 is 0.950 bits per heavy atom. The van der Waals surface area contributed by atoms with E-state index in [0.29, 0.717) is 16.7 Å². The Morgan fingerprint density at radius 2 is 1.55 bits per heavy atom. The molecule has 0 heterocycles. The molecule has 0 bridgehead atoms. The fraction of sp³-hybridized carbons (Fsp3) is 0.200. The number of rotatable bonds is 3. The van der Waals surface area contributed by atoms with Gasteiger partial charge in [0.2, 0.25) is 0 Å².